The van der Waals surface area contributed by atoms with Crippen molar-refractivity contribution in [1.29, 1.82) is 0 Å². The number of hydrogen-bond donors (Lipinski definition) is 0. The zero-order valence-corrected chi connectivity index (χ0v) is 31.6. The monoisotopic (exact) mass is 712 g/mol. The first kappa shape index (κ1) is 33.5. The predicted octanol–water partition coefficient (Wildman–Crippen LogP) is 15.8. The Bertz CT molecular complexity index is 2840. The summed E-state index contributed by atoms with van der Waals surface area (Å²) < 4.78 is 0. The Morgan fingerprint density at radius 1 is 0.214 bits per heavy atom. The molecule has 264 valence electrons. The van der Waals surface area contributed by atoms with Gasteiger partial charge < -0.3 is 0 Å². The Balaban J connectivity index is 1.49. The van der Waals surface area contributed by atoms with Crippen LogP contribution >= 0.6 is 0 Å². The van der Waals surface area contributed by atoms with E-state index in [4.69, 9.17) is 0 Å². The van der Waals surface area contributed by atoms with Crippen LogP contribution in [0.5, 0.6) is 0 Å². The molecule has 0 amide bonds. The largest absolute Gasteiger partial charge is 0.0622 e. The van der Waals surface area contributed by atoms with E-state index in [0.29, 0.717) is 0 Å². The summed E-state index contributed by atoms with van der Waals surface area (Å²) >= 11 is 0. The van der Waals surface area contributed by atoms with Gasteiger partial charge in [-0.1, -0.05) is 194 Å². The van der Waals surface area contributed by atoms with Crippen molar-refractivity contribution in [2.24, 2.45) is 0 Å². The summed E-state index contributed by atoms with van der Waals surface area (Å²) in [6, 6.07) is 76.0. The lowest BCUT2D eigenvalue weighted by Gasteiger charge is -2.26. The molecule has 0 saturated carbocycles. The minimum atomic E-state index is 1.21. The highest BCUT2D eigenvalue weighted by Gasteiger charge is 2.26. The molecule has 0 N–H and O–H groups in total. The molecular formula is C56H40. The van der Waals surface area contributed by atoms with E-state index in [0.717, 1.165) is 0 Å². The van der Waals surface area contributed by atoms with Gasteiger partial charge in [-0.15, -0.1) is 0 Å². The average molecular weight is 713 g/mol. The molecule has 0 unspecified atom stereocenters. The Morgan fingerprint density at radius 2 is 0.500 bits per heavy atom. The molecule has 0 nitrogen and oxygen atoms in total. The molecule has 0 aromatic heterocycles. The van der Waals surface area contributed by atoms with Crippen molar-refractivity contribution < 1.29 is 0 Å². The predicted molar refractivity (Wildman–Crippen MR) is 241 cm³/mol. The van der Waals surface area contributed by atoms with Gasteiger partial charge in [0.05, 0.1) is 0 Å². The van der Waals surface area contributed by atoms with Crippen LogP contribution in [0, 0.1) is 13.8 Å². The minimum Gasteiger partial charge on any atom is -0.0622 e. The maximum Gasteiger partial charge on any atom is -0.000138 e. The van der Waals surface area contributed by atoms with Gasteiger partial charge in [-0.2, -0.15) is 0 Å². The van der Waals surface area contributed by atoms with Crippen molar-refractivity contribution >= 4 is 32.3 Å². The molecule has 0 aliphatic carbocycles. The van der Waals surface area contributed by atoms with Crippen LogP contribution in [0.15, 0.2) is 206 Å². The van der Waals surface area contributed by atoms with Crippen LogP contribution < -0.4 is 0 Å². The lowest BCUT2D eigenvalue weighted by molar-refractivity contribution is 1.37. The van der Waals surface area contributed by atoms with E-state index < -0.39 is 0 Å². The standard InChI is InChI=1S/C56H40/c1-37-33-49-50(34-38(37)2)52(42-25-13-6-14-26-42)56-54(46-30-18-28-44(36-46)40-21-9-4-10-22-40)48-32-16-15-31-47(48)53(55(56)51(49)41-23-11-5-12-24-41)45-29-17-27-43(35-45)39-19-7-3-8-20-39/h3-36H,1-2H3. The number of aryl methyl sites for hydroxylation is 2. The van der Waals surface area contributed by atoms with Gasteiger partial charge in [0.25, 0.3) is 0 Å². The average Bonchev–Trinajstić information content (AvgIpc) is 3.26. The molecule has 10 rings (SSSR count). The molecular weight excluding hydrogens is 673 g/mol. The Kier molecular flexibility index (Phi) is 8.38. The topological polar surface area (TPSA) is 0 Å². The highest BCUT2D eigenvalue weighted by atomic mass is 14.3. The maximum atomic E-state index is 2.44. The van der Waals surface area contributed by atoms with E-state index in [1.807, 2.05) is 0 Å². The Labute approximate surface area is 329 Å². The molecule has 0 radical (unpaired) electrons. The summed E-state index contributed by atoms with van der Waals surface area (Å²) in [4.78, 5) is 0. The molecule has 10 aromatic rings. The minimum absolute atomic E-state index is 1.21. The van der Waals surface area contributed by atoms with Gasteiger partial charge >= 0.3 is 0 Å². The van der Waals surface area contributed by atoms with Crippen molar-refractivity contribution in [3.8, 4) is 66.8 Å². The molecule has 0 bridgehead atoms. The van der Waals surface area contributed by atoms with Gasteiger partial charge in [0.1, 0.15) is 0 Å². The van der Waals surface area contributed by atoms with Crippen LogP contribution in [-0.4, -0.2) is 0 Å². The van der Waals surface area contributed by atoms with Crippen LogP contribution in [0.4, 0.5) is 0 Å². The van der Waals surface area contributed by atoms with Gasteiger partial charge in [-0.05, 0) is 136 Å². The first-order valence-corrected chi connectivity index (χ1v) is 19.5. The fourth-order valence-electron chi connectivity index (χ4n) is 8.82. The number of rotatable bonds is 6. The van der Waals surface area contributed by atoms with Crippen LogP contribution in [0.3, 0.4) is 0 Å². The molecule has 0 atom stereocenters. The Hall–Kier alpha value is -7.02. The van der Waals surface area contributed by atoms with E-state index in [-0.39, 0.29) is 0 Å². The van der Waals surface area contributed by atoms with Crippen molar-refractivity contribution in [2.75, 3.05) is 0 Å². The van der Waals surface area contributed by atoms with E-state index in [1.165, 1.54) is 110 Å². The van der Waals surface area contributed by atoms with Crippen LogP contribution in [0.1, 0.15) is 11.1 Å². The highest BCUT2D eigenvalue weighted by Crippen LogP contribution is 2.54. The molecule has 0 heteroatoms. The first-order valence-electron chi connectivity index (χ1n) is 19.5. The number of fused-ring (bicyclic) bond motifs is 3. The fourth-order valence-corrected chi connectivity index (χ4v) is 8.82. The SMILES string of the molecule is Cc1cc2c(-c3ccccc3)c3c(-c4cccc(-c5ccccc5)c4)c4ccccc4c(-c4cccc(-c5ccccc5)c4)c3c(-c3ccccc3)c2cc1C. The van der Waals surface area contributed by atoms with Crippen molar-refractivity contribution in [3.63, 3.8) is 0 Å². The fraction of sp³-hybridized carbons (Fsp3) is 0.0357. The highest BCUT2D eigenvalue weighted by molar-refractivity contribution is 6.34. The summed E-state index contributed by atoms with van der Waals surface area (Å²) in [6.07, 6.45) is 0. The second kappa shape index (κ2) is 14.0. The van der Waals surface area contributed by atoms with Gasteiger partial charge in [-0.3, -0.25) is 0 Å². The molecule has 10 aromatic carbocycles. The molecule has 0 spiro atoms. The molecule has 0 heterocycles. The molecule has 0 aliphatic rings. The normalized spacial score (nSPS) is 11.4. The zero-order chi connectivity index (χ0) is 37.6. The molecule has 56 heavy (non-hydrogen) atoms. The van der Waals surface area contributed by atoms with E-state index in [2.05, 4.69) is 220 Å². The number of hydrogen-bond acceptors (Lipinski definition) is 0. The van der Waals surface area contributed by atoms with Crippen LogP contribution in [-0.2, 0) is 0 Å². The quantitative estimate of drug-likeness (QED) is 0.151. The summed E-state index contributed by atoms with van der Waals surface area (Å²) in [5, 5.41) is 7.56. The summed E-state index contributed by atoms with van der Waals surface area (Å²) in [6.45, 7) is 4.50. The third-order valence-electron chi connectivity index (χ3n) is 11.5. The first-order chi connectivity index (χ1) is 27.6. The summed E-state index contributed by atoms with van der Waals surface area (Å²) in [5.41, 5.74) is 17.3. The zero-order valence-electron chi connectivity index (χ0n) is 31.6. The van der Waals surface area contributed by atoms with Crippen molar-refractivity contribution in [2.45, 2.75) is 13.8 Å². The van der Waals surface area contributed by atoms with E-state index in [9.17, 15) is 0 Å². The molecule has 0 fully saturated rings. The lowest BCUT2D eigenvalue weighted by atomic mass is 9.77. The van der Waals surface area contributed by atoms with Gasteiger partial charge in [0.15, 0.2) is 0 Å². The molecule has 0 saturated heterocycles. The second-order valence-corrected chi connectivity index (χ2v) is 14.9. The maximum absolute atomic E-state index is 2.44. The number of benzene rings is 10. The van der Waals surface area contributed by atoms with Crippen LogP contribution in [0.2, 0.25) is 0 Å². The summed E-state index contributed by atoms with van der Waals surface area (Å²) in [5.74, 6) is 0. The van der Waals surface area contributed by atoms with E-state index >= 15 is 0 Å². The third-order valence-corrected chi connectivity index (χ3v) is 11.5. The molecule has 0 aliphatic heterocycles. The second-order valence-electron chi connectivity index (χ2n) is 14.9. The van der Waals surface area contributed by atoms with Crippen molar-refractivity contribution in [3.05, 3.63) is 217 Å². The van der Waals surface area contributed by atoms with Gasteiger partial charge in [0, 0.05) is 0 Å². The van der Waals surface area contributed by atoms with Gasteiger partial charge in [-0.25, -0.2) is 0 Å². The summed E-state index contributed by atoms with van der Waals surface area (Å²) in [7, 11) is 0. The third kappa shape index (κ3) is 5.70. The van der Waals surface area contributed by atoms with Crippen LogP contribution in [0.25, 0.3) is 99.1 Å². The Morgan fingerprint density at radius 3 is 0.875 bits per heavy atom. The smallest absolute Gasteiger partial charge is 0.000138 e. The lowest BCUT2D eigenvalue weighted by Crippen LogP contribution is -1.99. The van der Waals surface area contributed by atoms with E-state index in [1.54, 1.807) is 0 Å². The van der Waals surface area contributed by atoms with Gasteiger partial charge in [0.2, 0.25) is 0 Å². The van der Waals surface area contributed by atoms with Crippen molar-refractivity contribution in [1.82, 2.24) is 0 Å².